The van der Waals surface area contributed by atoms with Gasteiger partial charge in [-0.1, -0.05) is 11.6 Å². The molecule has 1 amide bonds. The molecule has 0 aromatic heterocycles. The Kier molecular flexibility index (Phi) is 4.52. The Morgan fingerprint density at radius 2 is 1.90 bits per heavy atom. The van der Waals surface area contributed by atoms with Gasteiger partial charge in [-0.15, -0.1) is 0 Å². The van der Waals surface area contributed by atoms with Crippen molar-refractivity contribution in [2.75, 3.05) is 26.2 Å². The van der Waals surface area contributed by atoms with Gasteiger partial charge in [0, 0.05) is 33.1 Å². The van der Waals surface area contributed by atoms with Crippen LogP contribution in [0.4, 0.5) is 0 Å². The first-order valence-electron chi connectivity index (χ1n) is 6.31. The normalized spacial score (nSPS) is 16.5. The fourth-order valence-electron chi connectivity index (χ4n) is 2.14. The largest absolute Gasteiger partial charge is 0.340 e. The lowest BCUT2D eigenvalue weighted by Crippen LogP contribution is -2.49. The Balaban J connectivity index is 2.22. The van der Waals surface area contributed by atoms with Gasteiger partial charge in [0.15, 0.2) is 0 Å². The lowest BCUT2D eigenvalue weighted by atomic mass is 10.2. The molecule has 0 saturated carbocycles. The molecule has 1 aromatic carbocycles. The van der Waals surface area contributed by atoms with Crippen LogP contribution in [0.15, 0.2) is 23.1 Å². The van der Waals surface area contributed by atoms with E-state index in [4.69, 9.17) is 16.9 Å². The minimum Gasteiger partial charge on any atom is -0.340 e. The summed E-state index contributed by atoms with van der Waals surface area (Å²) in [6.45, 7) is 2.71. The third-order valence-electron chi connectivity index (χ3n) is 3.38. The van der Waals surface area contributed by atoms with Gasteiger partial charge in [0.05, 0.1) is 15.5 Å². The van der Waals surface area contributed by atoms with Crippen molar-refractivity contribution in [3.63, 3.8) is 0 Å². The van der Waals surface area contributed by atoms with Crippen molar-refractivity contribution in [3.8, 4) is 6.07 Å². The molecule has 1 aromatic rings. The summed E-state index contributed by atoms with van der Waals surface area (Å²) in [6, 6.07) is 5.93. The first-order chi connectivity index (χ1) is 9.86. The van der Waals surface area contributed by atoms with E-state index in [9.17, 15) is 13.2 Å². The summed E-state index contributed by atoms with van der Waals surface area (Å²) in [5.74, 6) is -0.0616. The average Bonchev–Trinajstić information content (AvgIpc) is 2.47. The number of amides is 1. The van der Waals surface area contributed by atoms with E-state index in [0.29, 0.717) is 13.1 Å². The number of benzene rings is 1. The summed E-state index contributed by atoms with van der Waals surface area (Å²) in [4.78, 5) is 12.9. The molecule has 1 aliphatic heterocycles. The summed E-state index contributed by atoms with van der Waals surface area (Å²) < 4.78 is 26.3. The van der Waals surface area contributed by atoms with Crippen LogP contribution in [0, 0.1) is 11.3 Å². The maximum Gasteiger partial charge on any atom is 0.243 e. The highest BCUT2D eigenvalue weighted by Crippen LogP contribution is 2.23. The minimum atomic E-state index is -3.66. The fraction of sp³-hybridized carbons (Fsp3) is 0.385. The molecule has 0 unspecified atom stereocenters. The Morgan fingerprint density at radius 3 is 2.38 bits per heavy atom. The predicted octanol–water partition coefficient (Wildman–Crippen LogP) is 1.06. The molecule has 1 fully saturated rings. The summed E-state index contributed by atoms with van der Waals surface area (Å²) in [7, 11) is -3.66. The van der Waals surface area contributed by atoms with E-state index in [1.165, 1.54) is 29.4 Å². The van der Waals surface area contributed by atoms with Crippen LogP contribution in [0.3, 0.4) is 0 Å². The van der Waals surface area contributed by atoms with Gasteiger partial charge >= 0.3 is 0 Å². The second kappa shape index (κ2) is 6.02. The van der Waals surface area contributed by atoms with Crippen molar-refractivity contribution in [2.45, 2.75) is 11.8 Å². The van der Waals surface area contributed by atoms with Gasteiger partial charge in [-0.25, -0.2) is 8.42 Å². The topological polar surface area (TPSA) is 81.5 Å². The molecular formula is C13H14ClN3O3S. The minimum absolute atomic E-state index is 0.0581. The number of nitrogens with zero attached hydrogens (tertiary/aromatic N) is 3. The first kappa shape index (κ1) is 15.8. The molecule has 1 aliphatic rings. The average molecular weight is 328 g/mol. The molecule has 6 nitrogen and oxygen atoms in total. The van der Waals surface area contributed by atoms with Crippen LogP contribution in [0.2, 0.25) is 5.02 Å². The number of halogens is 1. The third-order valence-corrected chi connectivity index (χ3v) is 5.59. The number of carbonyl (C=O) groups is 1. The van der Waals surface area contributed by atoms with Gasteiger partial charge in [0.1, 0.15) is 6.07 Å². The van der Waals surface area contributed by atoms with E-state index >= 15 is 0 Å². The molecule has 0 radical (unpaired) electrons. The molecule has 21 heavy (non-hydrogen) atoms. The summed E-state index contributed by atoms with van der Waals surface area (Å²) >= 11 is 5.88. The second-order valence-electron chi connectivity index (χ2n) is 4.66. The van der Waals surface area contributed by atoms with E-state index in [1.807, 2.05) is 6.07 Å². The molecule has 0 aliphatic carbocycles. The van der Waals surface area contributed by atoms with Crippen molar-refractivity contribution in [1.29, 1.82) is 5.26 Å². The first-order valence-corrected chi connectivity index (χ1v) is 8.13. The summed E-state index contributed by atoms with van der Waals surface area (Å²) in [5, 5.41) is 8.92. The molecule has 0 spiro atoms. The zero-order valence-corrected chi connectivity index (χ0v) is 13.0. The van der Waals surface area contributed by atoms with Crippen molar-refractivity contribution >= 4 is 27.5 Å². The molecule has 112 valence electrons. The summed E-state index contributed by atoms with van der Waals surface area (Å²) in [5.41, 5.74) is 0.233. The lowest BCUT2D eigenvalue weighted by Gasteiger charge is -2.33. The van der Waals surface area contributed by atoms with Crippen LogP contribution in [-0.4, -0.2) is 49.7 Å². The number of hydrogen-bond acceptors (Lipinski definition) is 4. The Hall–Kier alpha value is -1.62. The molecule has 8 heteroatoms. The number of rotatable bonds is 2. The van der Waals surface area contributed by atoms with Crippen molar-refractivity contribution in [3.05, 3.63) is 28.8 Å². The lowest BCUT2D eigenvalue weighted by molar-refractivity contribution is -0.129. The third kappa shape index (κ3) is 3.18. The molecule has 0 atom stereocenters. The maximum atomic E-state index is 12.5. The second-order valence-corrected chi connectivity index (χ2v) is 7.01. The van der Waals surface area contributed by atoms with Crippen molar-refractivity contribution in [2.24, 2.45) is 0 Å². The number of hydrogen-bond donors (Lipinski definition) is 0. The molecule has 2 rings (SSSR count). The van der Waals surface area contributed by atoms with E-state index in [0.717, 1.165) is 0 Å². The van der Waals surface area contributed by atoms with Gasteiger partial charge in [-0.3, -0.25) is 4.79 Å². The zero-order chi connectivity index (χ0) is 15.6. The molecule has 0 bridgehead atoms. The molecule has 0 N–H and O–H groups in total. The van der Waals surface area contributed by atoms with Crippen LogP contribution in [-0.2, 0) is 14.8 Å². The van der Waals surface area contributed by atoms with Gasteiger partial charge in [0.2, 0.25) is 15.9 Å². The highest BCUT2D eigenvalue weighted by atomic mass is 35.5. The Labute approximate surface area is 128 Å². The van der Waals surface area contributed by atoms with Crippen molar-refractivity contribution in [1.82, 2.24) is 9.21 Å². The zero-order valence-electron chi connectivity index (χ0n) is 11.4. The molecule has 1 saturated heterocycles. The number of sulfonamides is 1. The highest BCUT2D eigenvalue weighted by molar-refractivity contribution is 7.89. The fourth-order valence-corrected chi connectivity index (χ4v) is 3.88. The van der Waals surface area contributed by atoms with Gasteiger partial charge in [0.25, 0.3) is 0 Å². The van der Waals surface area contributed by atoms with Crippen LogP contribution >= 0.6 is 11.6 Å². The number of nitriles is 1. The Morgan fingerprint density at radius 1 is 1.29 bits per heavy atom. The monoisotopic (exact) mass is 327 g/mol. The Bertz CT molecular complexity index is 704. The van der Waals surface area contributed by atoms with Crippen LogP contribution < -0.4 is 0 Å². The quantitative estimate of drug-likeness (QED) is 0.813. The van der Waals surface area contributed by atoms with Crippen molar-refractivity contribution < 1.29 is 13.2 Å². The maximum absolute atomic E-state index is 12.5. The number of piperazine rings is 1. The van der Waals surface area contributed by atoms with Crippen LogP contribution in [0.1, 0.15) is 12.5 Å². The van der Waals surface area contributed by atoms with Gasteiger partial charge < -0.3 is 4.90 Å². The number of carbonyl (C=O) groups excluding carboxylic acids is 1. The van der Waals surface area contributed by atoms with Gasteiger partial charge in [-0.2, -0.15) is 9.57 Å². The standard InChI is InChI=1S/C13H14ClN3O3S/c1-10(18)16-4-6-17(7-5-16)21(19,20)12-3-2-11(9-15)13(14)8-12/h2-3,8H,4-7H2,1H3. The molecule has 1 heterocycles. The predicted molar refractivity (Wildman–Crippen MR) is 77.2 cm³/mol. The smallest absolute Gasteiger partial charge is 0.243 e. The SMILES string of the molecule is CC(=O)N1CCN(S(=O)(=O)c2ccc(C#N)c(Cl)c2)CC1. The van der Waals surface area contributed by atoms with E-state index < -0.39 is 10.0 Å². The van der Waals surface area contributed by atoms with E-state index in [1.54, 1.807) is 4.90 Å². The van der Waals surface area contributed by atoms with E-state index in [-0.39, 0.29) is 34.5 Å². The van der Waals surface area contributed by atoms with E-state index in [2.05, 4.69) is 0 Å². The van der Waals surface area contributed by atoms with Crippen LogP contribution in [0.5, 0.6) is 0 Å². The van der Waals surface area contributed by atoms with Crippen LogP contribution in [0.25, 0.3) is 0 Å². The molecular weight excluding hydrogens is 314 g/mol. The summed E-state index contributed by atoms with van der Waals surface area (Å²) in [6.07, 6.45) is 0. The van der Waals surface area contributed by atoms with Gasteiger partial charge in [-0.05, 0) is 18.2 Å². The highest BCUT2D eigenvalue weighted by Gasteiger charge is 2.29.